The quantitative estimate of drug-likeness (QED) is 0.0342. The van der Waals surface area contributed by atoms with Crippen LogP contribution in [0, 0.1) is 5.92 Å². The third-order valence-corrected chi connectivity index (χ3v) is 16.3. The number of sulfonamides is 1. The zero-order valence-electron chi connectivity index (χ0n) is 38.2. The molecule has 1 aliphatic rings. The summed E-state index contributed by atoms with van der Waals surface area (Å²) in [6.07, 6.45) is 3.54. The molecule has 1 aliphatic heterocycles. The largest absolute Gasteiger partial charge is 0.501 e. The zero-order chi connectivity index (χ0) is 49.8. The molecule has 1 heterocycles. The minimum atomic E-state index is -6.11. The molecule has 3 N–H and O–H groups in total. The molecule has 5 aromatic rings. The van der Waals surface area contributed by atoms with Crippen molar-refractivity contribution in [1.82, 2.24) is 9.62 Å². The molecule has 1 fully saturated rings. The van der Waals surface area contributed by atoms with Gasteiger partial charge in [-0.25, -0.2) is 21.6 Å². The highest BCUT2D eigenvalue weighted by Gasteiger charge is 2.48. The number of alkyl halides is 3. The number of hydrogen-bond donors (Lipinski definition) is 3. The lowest BCUT2D eigenvalue weighted by Gasteiger charge is -2.36. The Morgan fingerprint density at radius 1 is 0.870 bits per heavy atom. The summed E-state index contributed by atoms with van der Waals surface area (Å²) in [5.74, 6) is -1.06. The van der Waals surface area contributed by atoms with Crippen LogP contribution in [0.1, 0.15) is 67.0 Å². The predicted molar refractivity (Wildman–Crippen MR) is 265 cm³/mol. The van der Waals surface area contributed by atoms with Gasteiger partial charge < -0.3 is 25.0 Å². The smallest absolute Gasteiger partial charge is 0.469 e. The number of halogens is 4. The van der Waals surface area contributed by atoms with E-state index < -0.39 is 58.9 Å². The van der Waals surface area contributed by atoms with Crippen LogP contribution >= 0.6 is 23.4 Å². The SMILES string of the molecule is COC(=O)CCCCCN(C)CC[C@H](CSc1ccccc1)Nc1ccc(S(=O)(=O)NC(=O)c2ccc(N3CCC([C@@H](O)c4ccccc4-c4ccc(Cl)cc4)CC3)cc2)cc1S(=O)(=O)C(F)(F)F. The van der Waals surface area contributed by atoms with Crippen molar-refractivity contribution in [2.45, 2.75) is 77.3 Å². The fourth-order valence-corrected chi connectivity index (χ4v) is 11.3. The standard InChI is InChI=1S/C50H56ClF3N4O8S3/c1-57(29-10-4-7-15-47(59)66-2)30-28-39(34-67-41-11-5-3-6-12-41)55-45-25-24-42(33-46(45)68(62,63)50(52,53)54)69(64,65)56-49(61)37-18-22-40(23-19-37)58-31-26-36(27-32-58)48(60)44-14-9-8-13-43(44)35-16-20-38(51)21-17-35/h3,5-6,8-9,11-14,16-25,33,36,39,48,55,60H,4,7,10,15,26-32,34H2,1-2H3,(H,56,61)/t39-,48-/m1/s1. The van der Waals surface area contributed by atoms with E-state index in [4.69, 9.17) is 11.6 Å². The number of rotatable bonds is 22. The number of nitrogens with zero attached hydrogens (tertiary/aromatic N) is 2. The Kier molecular flexibility index (Phi) is 18.6. The number of methoxy groups -OCH3 is 1. The number of aliphatic hydroxyl groups excluding tert-OH is 1. The van der Waals surface area contributed by atoms with Gasteiger partial charge in [0.2, 0.25) is 0 Å². The Labute approximate surface area is 411 Å². The molecule has 1 amide bonds. The fourth-order valence-electron chi connectivity index (χ4n) is 8.12. The Morgan fingerprint density at radius 2 is 1.54 bits per heavy atom. The van der Waals surface area contributed by atoms with Crippen LogP contribution in [0.3, 0.4) is 0 Å². The Morgan fingerprint density at radius 3 is 2.20 bits per heavy atom. The molecule has 0 saturated carbocycles. The molecule has 0 radical (unpaired) electrons. The molecule has 5 aromatic carbocycles. The second kappa shape index (κ2) is 24.1. The van der Waals surface area contributed by atoms with Crippen molar-refractivity contribution >= 4 is 66.5 Å². The summed E-state index contributed by atoms with van der Waals surface area (Å²) >= 11 is 7.52. The van der Waals surface area contributed by atoms with Crippen LogP contribution in [-0.2, 0) is 29.4 Å². The topological polar surface area (TPSA) is 162 Å². The second-order valence-electron chi connectivity index (χ2n) is 16.9. The summed E-state index contributed by atoms with van der Waals surface area (Å²) in [6, 6.07) is 32.3. The highest BCUT2D eigenvalue weighted by Crippen LogP contribution is 2.39. The lowest BCUT2D eigenvalue weighted by atomic mass is 9.84. The molecule has 19 heteroatoms. The lowest BCUT2D eigenvalue weighted by Crippen LogP contribution is -2.36. The molecule has 69 heavy (non-hydrogen) atoms. The van der Waals surface area contributed by atoms with Gasteiger partial charge in [-0.3, -0.25) is 9.59 Å². The van der Waals surface area contributed by atoms with Crippen LogP contribution in [-0.4, -0.2) is 96.4 Å². The van der Waals surface area contributed by atoms with Crippen LogP contribution in [0.4, 0.5) is 24.5 Å². The molecule has 0 bridgehead atoms. The number of ether oxygens (including phenoxy) is 1. The summed E-state index contributed by atoms with van der Waals surface area (Å²) in [7, 11) is -7.78. The first kappa shape index (κ1) is 53.2. The minimum Gasteiger partial charge on any atom is -0.469 e. The number of carbonyl (C=O) groups is 2. The van der Waals surface area contributed by atoms with Crippen molar-refractivity contribution in [1.29, 1.82) is 0 Å². The van der Waals surface area contributed by atoms with E-state index >= 15 is 0 Å². The number of esters is 1. The normalized spacial score (nSPS) is 14.6. The van der Waals surface area contributed by atoms with Gasteiger partial charge in [-0.1, -0.05) is 72.6 Å². The van der Waals surface area contributed by atoms with Gasteiger partial charge in [0.15, 0.2) is 0 Å². The highest BCUT2D eigenvalue weighted by atomic mass is 35.5. The summed E-state index contributed by atoms with van der Waals surface area (Å²) in [6.45, 7) is 2.35. The number of sulfone groups is 1. The number of thioether (sulfide) groups is 1. The molecule has 370 valence electrons. The van der Waals surface area contributed by atoms with Crippen molar-refractivity contribution in [2.75, 3.05) is 56.3 Å². The minimum absolute atomic E-state index is 0.0264. The molecule has 2 atom stereocenters. The fraction of sp³-hybridized carbons (Fsp3) is 0.360. The highest BCUT2D eigenvalue weighted by molar-refractivity contribution is 7.99. The van der Waals surface area contributed by atoms with E-state index in [1.54, 1.807) is 12.1 Å². The maximum atomic E-state index is 14.2. The van der Waals surface area contributed by atoms with Crippen molar-refractivity contribution in [3.63, 3.8) is 0 Å². The second-order valence-corrected chi connectivity index (χ2v) is 22.0. The zero-order valence-corrected chi connectivity index (χ0v) is 41.4. The van der Waals surface area contributed by atoms with E-state index in [2.05, 4.69) is 15.0 Å². The lowest BCUT2D eigenvalue weighted by molar-refractivity contribution is -0.140. The number of carbonyl (C=O) groups excluding carboxylic acids is 2. The van der Waals surface area contributed by atoms with E-state index in [9.17, 15) is 44.7 Å². The first-order chi connectivity index (χ1) is 32.9. The number of anilines is 2. The van der Waals surface area contributed by atoms with E-state index in [1.165, 1.54) is 31.0 Å². The van der Waals surface area contributed by atoms with Gasteiger partial charge >= 0.3 is 11.5 Å². The van der Waals surface area contributed by atoms with Gasteiger partial charge in [0, 0.05) is 52.5 Å². The number of nitrogens with one attached hydrogen (secondary N) is 2. The van der Waals surface area contributed by atoms with Gasteiger partial charge in [-0.15, -0.1) is 11.8 Å². The molecular formula is C50H56ClF3N4O8S3. The van der Waals surface area contributed by atoms with Gasteiger partial charge in [0.1, 0.15) is 4.90 Å². The van der Waals surface area contributed by atoms with Crippen LogP contribution in [0.2, 0.25) is 5.02 Å². The van der Waals surface area contributed by atoms with E-state index in [1.807, 2.05) is 95.5 Å². The average molecular weight is 1030 g/mol. The number of piperidine rings is 1. The number of unbranched alkanes of at least 4 members (excludes halogenated alkanes) is 2. The van der Waals surface area contributed by atoms with Crippen LogP contribution in [0.25, 0.3) is 11.1 Å². The van der Waals surface area contributed by atoms with Crippen LogP contribution in [0.5, 0.6) is 0 Å². The summed E-state index contributed by atoms with van der Waals surface area (Å²) in [5.41, 5.74) is -2.83. The summed E-state index contributed by atoms with van der Waals surface area (Å²) in [4.78, 5) is 27.6. The van der Waals surface area contributed by atoms with E-state index in [-0.39, 0.29) is 17.5 Å². The number of hydrogen-bond acceptors (Lipinski definition) is 12. The third kappa shape index (κ3) is 14.5. The van der Waals surface area contributed by atoms with E-state index in [0.29, 0.717) is 75.1 Å². The average Bonchev–Trinajstić information content (AvgIpc) is 3.34. The Bertz CT molecular complexity index is 2730. The molecule has 0 unspecified atom stereocenters. The number of aliphatic hydroxyl groups is 1. The molecule has 0 aromatic heterocycles. The molecule has 1 saturated heterocycles. The van der Waals surface area contributed by atoms with Crippen LogP contribution in [0.15, 0.2) is 136 Å². The first-order valence-corrected chi connectivity index (χ1v) is 26.8. The summed E-state index contributed by atoms with van der Waals surface area (Å²) in [5, 5.41) is 15.1. The number of amides is 1. The summed E-state index contributed by atoms with van der Waals surface area (Å²) < 4.78 is 103. The molecule has 0 aliphatic carbocycles. The monoisotopic (exact) mass is 1030 g/mol. The molecule has 0 spiro atoms. The van der Waals surface area contributed by atoms with Crippen molar-refractivity contribution in [2.24, 2.45) is 5.92 Å². The van der Waals surface area contributed by atoms with E-state index in [0.717, 1.165) is 52.2 Å². The molecular weight excluding hydrogens is 973 g/mol. The molecule has 6 rings (SSSR count). The van der Waals surface area contributed by atoms with Gasteiger partial charge in [0.25, 0.3) is 25.8 Å². The maximum absolute atomic E-state index is 14.2. The van der Waals surface area contributed by atoms with Gasteiger partial charge in [-0.2, -0.15) is 13.2 Å². The number of benzene rings is 5. The Hall–Kier alpha value is -5.11. The van der Waals surface area contributed by atoms with Crippen molar-refractivity contribution < 1.29 is 49.4 Å². The van der Waals surface area contributed by atoms with Gasteiger partial charge in [0.05, 0.1) is 23.8 Å². The van der Waals surface area contributed by atoms with Crippen LogP contribution < -0.4 is 14.9 Å². The van der Waals surface area contributed by atoms with Crippen molar-refractivity contribution in [3.05, 3.63) is 137 Å². The first-order valence-electron chi connectivity index (χ1n) is 22.5. The molecule has 12 nitrogen and oxygen atoms in total. The third-order valence-electron chi connectivity index (χ3n) is 12.1. The predicted octanol–water partition coefficient (Wildman–Crippen LogP) is 10.00. The van der Waals surface area contributed by atoms with Crippen molar-refractivity contribution in [3.8, 4) is 11.1 Å². The Balaban J connectivity index is 1.12. The maximum Gasteiger partial charge on any atom is 0.501 e. The van der Waals surface area contributed by atoms with Gasteiger partial charge in [-0.05, 0) is 142 Å².